The smallest absolute Gasteiger partial charge is 0.253 e. The fourth-order valence-corrected chi connectivity index (χ4v) is 5.31. The van der Waals surface area contributed by atoms with E-state index in [1.165, 1.54) is 25.1 Å². The van der Waals surface area contributed by atoms with Gasteiger partial charge in [0.1, 0.15) is 28.6 Å². The molecule has 1 fully saturated rings. The van der Waals surface area contributed by atoms with Crippen LogP contribution in [-0.4, -0.2) is 40.5 Å². The van der Waals surface area contributed by atoms with Gasteiger partial charge in [-0.15, -0.1) is 0 Å². The summed E-state index contributed by atoms with van der Waals surface area (Å²) in [6, 6.07) is 22.6. The molecule has 9 heteroatoms. The predicted octanol–water partition coefficient (Wildman–Crippen LogP) is 6.79. The number of benzene rings is 3. The first kappa shape index (κ1) is 28.8. The Hall–Kier alpha value is -5.31. The normalized spacial score (nSPS) is 16.6. The summed E-state index contributed by atoms with van der Waals surface area (Å²) in [4.78, 5) is 30.9. The van der Waals surface area contributed by atoms with Crippen molar-refractivity contribution in [2.45, 2.75) is 25.6 Å². The van der Waals surface area contributed by atoms with Crippen molar-refractivity contribution in [3.05, 3.63) is 114 Å². The van der Waals surface area contributed by atoms with E-state index in [0.717, 1.165) is 33.2 Å². The minimum absolute atomic E-state index is 0.0882. The summed E-state index contributed by atoms with van der Waals surface area (Å²) >= 11 is 0. The number of carbonyl (C=O) groups excluding carboxylic acids is 2. The number of amides is 2. The van der Waals surface area contributed by atoms with Crippen LogP contribution in [0.3, 0.4) is 0 Å². The number of anilines is 1. The summed E-state index contributed by atoms with van der Waals surface area (Å²) in [6.07, 6.45) is 4.96. The summed E-state index contributed by atoms with van der Waals surface area (Å²) in [7, 11) is 0. The van der Waals surface area contributed by atoms with Crippen molar-refractivity contribution in [2.24, 2.45) is 0 Å². The van der Waals surface area contributed by atoms with Crippen LogP contribution in [0.5, 0.6) is 0 Å². The largest absolute Gasteiger partial charge is 0.459 e. The molecule has 0 radical (unpaired) electrons. The summed E-state index contributed by atoms with van der Waals surface area (Å²) in [5.41, 5.74) is 9.32. The molecular weight excluding hydrogens is 562 g/mol. The van der Waals surface area contributed by atoms with Gasteiger partial charge in [-0.1, -0.05) is 24.3 Å². The van der Waals surface area contributed by atoms with Gasteiger partial charge < -0.3 is 20.4 Å². The van der Waals surface area contributed by atoms with Gasteiger partial charge in [0.05, 0.1) is 13.1 Å². The summed E-state index contributed by atoms with van der Waals surface area (Å²) in [5, 5.41) is 3.63. The molecule has 0 saturated carbocycles. The molecule has 1 saturated heterocycles. The van der Waals surface area contributed by atoms with Crippen molar-refractivity contribution < 1.29 is 22.8 Å². The lowest BCUT2D eigenvalue weighted by molar-refractivity contribution is -0.116. The van der Waals surface area contributed by atoms with E-state index in [0.29, 0.717) is 35.7 Å². The van der Waals surface area contributed by atoms with Crippen molar-refractivity contribution in [3.8, 4) is 22.3 Å². The molecule has 1 atom stereocenters. The standard InChI is InChI=1S/C35H30F2N4O3/c1-35(37)14-15-41(21-35)34(43)25-6-4-23(5-7-25)26-16-27-17-29(20-40-32(42)13-3-22-2-12-31(38)39-19-22)44-33(27)30(18-26)24-8-10-28(36)11-9-24/h2-13,16-19H,14-15,20-21H2,1H3,(H2,38,39)(H,40,42). The molecule has 3 heterocycles. The number of aromatic nitrogens is 1. The van der Waals surface area contributed by atoms with Crippen molar-refractivity contribution in [3.63, 3.8) is 0 Å². The van der Waals surface area contributed by atoms with Crippen molar-refractivity contribution in [1.82, 2.24) is 15.2 Å². The van der Waals surface area contributed by atoms with Crippen molar-refractivity contribution in [2.75, 3.05) is 18.8 Å². The number of rotatable bonds is 7. The van der Waals surface area contributed by atoms with Gasteiger partial charge in [0.25, 0.3) is 5.91 Å². The maximum absolute atomic E-state index is 14.3. The lowest BCUT2D eigenvalue weighted by Crippen LogP contribution is -2.31. The highest BCUT2D eigenvalue weighted by atomic mass is 19.1. The number of likely N-dealkylation sites (tertiary alicyclic amines) is 1. The van der Waals surface area contributed by atoms with Gasteiger partial charge in [-0.25, -0.2) is 13.8 Å². The first-order valence-corrected chi connectivity index (χ1v) is 14.2. The maximum Gasteiger partial charge on any atom is 0.253 e. The number of alkyl halides is 1. The van der Waals surface area contributed by atoms with E-state index in [4.69, 9.17) is 10.2 Å². The van der Waals surface area contributed by atoms with E-state index >= 15 is 0 Å². The molecule has 7 nitrogen and oxygen atoms in total. The molecule has 2 aromatic heterocycles. The van der Waals surface area contributed by atoms with Crippen LogP contribution in [0, 0.1) is 5.82 Å². The number of nitrogens with one attached hydrogen (secondary N) is 1. The Morgan fingerprint density at radius 3 is 2.45 bits per heavy atom. The molecule has 3 aromatic carbocycles. The summed E-state index contributed by atoms with van der Waals surface area (Å²) in [5.74, 6) is 0.0977. The molecule has 2 amide bonds. The highest BCUT2D eigenvalue weighted by Crippen LogP contribution is 2.36. The Morgan fingerprint density at radius 2 is 1.77 bits per heavy atom. The first-order valence-electron chi connectivity index (χ1n) is 14.2. The first-order chi connectivity index (χ1) is 21.1. The van der Waals surface area contributed by atoms with Crippen LogP contribution in [0.4, 0.5) is 14.6 Å². The van der Waals surface area contributed by atoms with Crippen LogP contribution < -0.4 is 11.1 Å². The zero-order valence-corrected chi connectivity index (χ0v) is 24.0. The van der Waals surface area contributed by atoms with Gasteiger partial charge in [0, 0.05) is 41.8 Å². The third-order valence-electron chi connectivity index (χ3n) is 7.67. The fourth-order valence-electron chi connectivity index (χ4n) is 5.31. The van der Waals surface area contributed by atoms with Crippen LogP contribution in [0.25, 0.3) is 39.3 Å². The van der Waals surface area contributed by atoms with E-state index in [1.807, 2.05) is 30.3 Å². The minimum Gasteiger partial charge on any atom is -0.459 e. The molecule has 222 valence electrons. The van der Waals surface area contributed by atoms with Crippen molar-refractivity contribution in [1.29, 1.82) is 0 Å². The Bertz CT molecular complexity index is 1860. The Labute approximate surface area is 253 Å². The maximum atomic E-state index is 14.3. The Morgan fingerprint density at radius 1 is 1.02 bits per heavy atom. The van der Waals surface area contributed by atoms with Crippen molar-refractivity contribution >= 4 is 34.7 Å². The molecule has 0 bridgehead atoms. The van der Waals surface area contributed by atoms with Crippen LogP contribution >= 0.6 is 0 Å². The third-order valence-corrected chi connectivity index (χ3v) is 7.67. The second-order valence-electron chi connectivity index (χ2n) is 11.2. The fraction of sp³-hybridized carbons (Fsp3) is 0.171. The Balaban J connectivity index is 1.26. The van der Waals surface area contributed by atoms with Gasteiger partial charge >= 0.3 is 0 Å². The lowest BCUT2D eigenvalue weighted by atomic mass is 9.96. The van der Waals surface area contributed by atoms with E-state index in [9.17, 15) is 18.4 Å². The zero-order valence-electron chi connectivity index (χ0n) is 24.0. The molecule has 0 aliphatic carbocycles. The van der Waals surface area contributed by atoms with Gasteiger partial charge in [-0.3, -0.25) is 9.59 Å². The van der Waals surface area contributed by atoms with Crippen LogP contribution in [0.1, 0.15) is 35.0 Å². The molecule has 1 aliphatic rings. The topological polar surface area (TPSA) is 101 Å². The predicted molar refractivity (Wildman–Crippen MR) is 167 cm³/mol. The molecule has 6 rings (SSSR count). The number of hydrogen-bond acceptors (Lipinski definition) is 5. The second-order valence-corrected chi connectivity index (χ2v) is 11.2. The zero-order chi connectivity index (χ0) is 30.8. The summed E-state index contributed by atoms with van der Waals surface area (Å²) < 4.78 is 34.2. The number of nitrogens with two attached hydrogens (primary N) is 1. The van der Waals surface area contributed by atoms with Gasteiger partial charge in [-0.05, 0) is 89.9 Å². The van der Waals surface area contributed by atoms with Crippen LogP contribution in [-0.2, 0) is 11.3 Å². The van der Waals surface area contributed by atoms with Crippen LogP contribution in [0.15, 0.2) is 95.6 Å². The number of furan rings is 1. The third kappa shape index (κ3) is 6.36. The molecule has 44 heavy (non-hydrogen) atoms. The molecule has 5 aromatic rings. The number of nitrogen functional groups attached to an aromatic ring is 1. The molecule has 0 spiro atoms. The lowest BCUT2D eigenvalue weighted by Gasteiger charge is -2.17. The number of carbonyl (C=O) groups is 2. The molecular formula is C35H30F2N4O3. The molecule has 1 aliphatic heterocycles. The molecule has 1 unspecified atom stereocenters. The van der Waals surface area contributed by atoms with E-state index < -0.39 is 5.67 Å². The van der Waals surface area contributed by atoms with Gasteiger partial charge in [0.15, 0.2) is 0 Å². The van der Waals surface area contributed by atoms with E-state index in [2.05, 4.69) is 10.3 Å². The SMILES string of the molecule is CC1(F)CCN(C(=O)c2ccc(-c3cc(-c4ccc(F)cc4)c4oc(CNC(=O)C=Cc5ccc(N)nc5)cc4c3)cc2)C1. The second kappa shape index (κ2) is 11.8. The minimum atomic E-state index is -1.36. The van der Waals surface area contributed by atoms with Crippen LogP contribution in [0.2, 0.25) is 0 Å². The highest BCUT2D eigenvalue weighted by Gasteiger charge is 2.36. The number of fused-ring (bicyclic) bond motifs is 1. The Kier molecular flexibility index (Phi) is 7.69. The monoisotopic (exact) mass is 592 g/mol. The quantitative estimate of drug-likeness (QED) is 0.203. The average molecular weight is 593 g/mol. The number of nitrogens with zero attached hydrogens (tertiary/aromatic N) is 2. The number of halogens is 2. The molecule has 3 N–H and O–H groups in total. The average Bonchev–Trinajstić information content (AvgIpc) is 3.61. The number of pyridine rings is 1. The summed E-state index contributed by atoms with van der Waals surface area (Å²) in [6.45, 7) is 2.16. The number of hydrogen-bond donors (Lipinski definition) is 2. The van der Waals surface area contributed by atoms with E-state index in [-0.39, 0.29) is 30.7 Å². The van der Waals surface area contributed by atoms with Gasteiger partial charge in [0.2, 0.25) is 5.91 Å². The highest BCUT2D eigenvalue weighted by molar-refractivity contribution is 5.98. The van der Waals surface area contributed by atoms with E-state index in [1.54, 1.807) is 53.6 Å². The van der Waals surface area contributed by atoms with Gasteiger partial charge in [-0.2, -0.15) is 0 Å².